The van der Waals surface area contributed by atoms with E-state index < -0.39 is 12.0 Å². The third-order valence-electron chi connectivity index (χ3n) is 3.38. The molecule has 0 fully saturated rings. The van der Waals surface area contributed by atoms with Crippen LogP contribution in [0.15, 0.2) is 42.5 Å². The van der Waals surface area contributed by atoms with Crippen LogP contribution in [-0.4, -0.2) is 24.8 Å². The van der Waals surface area contributed by atoms with Crippen molar-refractivity contribution < 1.29 is 19.4 Å². The van der Waals surface area contributed by atoms with Crippen LogP contribution in [0.5, 0.6) is 11.5 Å². The number of aromatic hydroxyl groups is 1. The summed E-state index contributed by atoms with van der Waals surface area (Å²) < 4.78 is 10.2. The summed E-state index contributed by atoms with van der Waals surface area (Å²) in [4.78, 5) is 12.2. The van der Waals surface area contributed by atoms with Gasteiger partial charge in [-0.05, 0) is 48.9 Å². The lowest BCUT2D eigenvalue weighted by Gasteiger charge is -2.19. The molecule has 0 bridgehead atoms. The minimum Gasteiger partial charge on any atom is -0.504 e. The topological polar surface area (TPSA) is 91.6 Å². The predicted molar refractivity (Wildman–Crippen MR) is 88.8 cm³/mol. The van der Waals surface area contributed by atoms with E-state index in [1.807, 2.05) is 6.07 Å². The minimum atomic E-state index is -0.775. The zero-order valence-corrected chi connectivity index (χ0v) is 13.4. The second-order valence-electron chi connectivity index (χ2n) is 4.95. The summed E-state index contributed by atoms with van der Waals surface area (Å²) in [5, 5.41) is 21.7. The van der Waals surface area contributed by atoms with Gasteiger partial charge in [-0.2, -0.15) is 5.26 Å². The molecule has 0 heterocycles. The van der Waals surface area contributed by atoms with Crippen molar-refractivity contribution in [2.24, 2.45) is 0 Å². The molecule has 0 amide bonds. The highest BCUT2D eigenvalue weighted by Crippen LogP contribution is 2.31. The molecule has 0 radical (unpaired) electrons. The standard InChI is InChI=1S/C18H18N2O4/c1-3-24-16-10-13(6-9-15(16)21)17(18(22)23-2)20-14-7-4-12(11-19)5-8-14/h4-10,17,20-21H,3H2,1-2H3. The van der Waals surface area contributed by atoms with Crippen molar-refractivity contribution in [1.82, 2.24) is 0 Å². The number of rotatable bonds is 6. The van der Waals surface area contributed by atoms with Crippen LogP contribution >= 0.6 is 0 Å². The molecule has 0 aliphatic rings. The fraction of sp³-hybridized carbons (Fsp3) is 0.222. The van der Waals surface area contributed by atoms with Gasteiger partial charge in [0.1, 0.15) is 0 Å². The van der Waals surface area contributed by atoms with Crippen LogP contribution in [0.3, 0.4) is 0 Å². The summed E-state index contributed by atoms with van der Waals surface area (Å²) in [7, 11) is 1.31. The Morgan fingerprint density at radius 2 is 2.00 bits per heavy atom. The number of phenols is 1. The quantitative estimate of drug-likeness (QED) is 0.793. The highest BCUT2D eigenvalue weighted by Gasteiger charge is 2.22. The summed E-state index contributed by atoms with van der Waals surface area (Å²) in [5.74, 6) is -0.180. The maximum absolute atomic E-state index is 12.2. The van der Waals surface area contributed by atoms with Gasteiger partial charge in [0.15, 0.2) is 17.5 Å². The number of hydrogen-bond acceptors (Lipinski definition) is 6. The number of methoxy groups -OCH3 is 1. The number of hydrogen-bond donors (Lipinski definition) is 2. The van der Waals surface area contributed by atoms with Crippen LogP contribution in [0.25, 0.3) is 0 Å². The monoisotopic (exact) mass is 326 g/mol. The van der Waals surface area contributed by atoms with Gasteiger partial charge in [0.05, 0.1) is 25.3 Å². The molecule has 124 valence electrons. The molecule has 0 aliphatic carbocycles. The van der Waals surface area contributed by atoms with Gasteiger partial charge < -0.3 is 19.9 Å². The Labute approximate surface area is 140 Å². The van der Waals surface area contributed by atoms with Crippen LogP contribution < -0.4 is 10.1 Å². The number of carbonyl (C=O) groups is 1. The maximum Gasteiger partial charge on any atom is 0.332 e. The first-order valence-electron chi connectivity index (χ1n) is 7.39. The Morgan fingerprint density at radius 1 is 1.29 bits per heavy atom. The number of nitrogens with one attached hydrogen (secondary N) is 1. The van der Waals surface area contributed by atoms with E-state index in [4.69, 9.17) is 14.7 Å². The van der Waals surface area contributed by atoms with Crippen LogP contribution in [-0.2, 0) is 9.53 Å². The summed E-state index contributed by atoms with van der Waals surface area (Å²) in [5.41, 5.74) is 1.78. The number of carbonyl (C=O) groups excluding carboxylic acids is 1. The zero-order valence-electron chi connectivity index (χ0n) is 13.4. The molecule has 1 atom stereocenters. The first kappa shape index (κ1) is 17.2. The normalized spacial score (nSPS) is 11.2. The van der Waals surface area contributed by atoms with Crippen molar-refractivity contribution in [2.75, 3.05) is 19.0 Å². The molecule has 1 unspecified atom stereocenters. The number of nitriles is 1. The molecular formula is C18H18N2O4. The molecule has 0 saturated carbocycles. The van der Waals surface area contributed by atoms with Crippen molar-refractivity contribution in [3.63, 3.8) is 0 Å². The van der Waals surface area contributed by atoms with E-state index in [0.29, 0.717) is 29.2 Å². The molecule has 24 heavy (non-hydrogen) atoms. The molecular weight excluding hydrogens is 308 g/mol. The van der Waals surface area contributed by atoms with E-state index in [2.05, 4.69) is 5.32 Å². The SMILES string of the molecule is CCOc1cc(C(Nc2ccc(C#N)cc2)C(=O)OC)ccc1O. The van der Waals surface area contributed by atoms with E-state index in [9.17, 15) is 9.90 Å². The van der Waals surface area contributed by atoms with Gasteiger partial charge in [-0.15, -0.1) is 0 Å². The molecule has 2 rings (SSSR count). The fourth-order valence-corrected chi connectivity index (χ4v) is 2.19. The van der Waals surface area contributed by atoms with Gasteiger partial charge in [0.2, 0.25) is 0 Å². The van der Waals surface area contributed by atoms with E-state index in [-0.39, 0.29) is 5.75 Å². The number of anilines is 1. The van der Waals surface area contributed by atoms with E-state index in [0.717, 1.165) is 0 Å². The smallest absolute Gasteiger partial charge is 0.332 e. The lowest BCUT2D eigenvalue weighted by atomic mass is 10.1. The van der Waals surface area contributed by atoms with Gasteiger partial charge in [-0.1, -0.05) is 6.07 Å². The number of nitrogens with zero attached hydrogens (tertiary/aromatic N) is 1. The molecule has 0 spiro atoms. The Bertz CT molecular complexity index is 751. The second-order valence-corrected chi connectivity index (χ2v) is 4.95. The Balaban J connectivity index is 2.33. The van der Waals surface area contributed by atoms with Crippen molar-refractivity contribution in [3.05, 3.63) is 53.6 Å². The van der Waals surface area contributed by atoms with E-state index >= 15 is 0 Å². The molecule has 2 aromatic carbocycles. The predicted octanol–water partition coefficient (Wildman–Crippen LogP) is 2.99. The average molecular weight is 326 g/mol. The molecule has 2 aromatic rings. The summed E-state index contributed by atoms with van der Waals surface area (Å²) in [6.45, 7) is 2.20. The lowest BCUT2D eigenvalue weighted by Crippen LogP contribution is -2.22. The largest absolute Gasteiger partial charge is 0.504 e. The lowest BCUT2D eigenvalue weighted by molar-refractivity contribution is -0.141. The molecule has 0 aromatic heterocycles. The van der Waals surface area contributed by atoms with Crippen LogP contribution in [0.2, 0.25) is 0 Å². The van der Waals surface area contributed by atoms with Crippen molar-refractivity contribution in [2.45, 2.75) is 13.0 Å². The van der Waals surface area contributed by atoms with Gasteiger partial charge in [-0.3, -0.25) is 0 Å². The average Bonchev–Trinajstić information content (AvgIpc) is 2.62. The maximum atomic E-state index is 12.2. The van der Waals surface area contributed by atoms with Gasteiger partial charge >= 0.3 is 5.97 Å². The first-order chi connectivity index (χ1) is 11.6. The van der Waals surface area contributed by atoms with E-state index in [1.165, 1.54) is 13.2 Å². The van der Waals surface area contributed by atoms with Gasteiger partial charge in [-0.25, -0.2) is 4.79 Å². The molecule has 0 saturated heterocycles. The third kappa shape index (κ3) is 3.96. The highest BCUT2D eigenvalue weighted by molar-refractivity contribution is 5.81. The number of esters is 1. The fourth-order valence-electron chi connectivity index (χ4n) is 2.19. The molecule has 2 N–H and O–H groups in total. The first-order valence-corrected chi connectivity index (χ1v) is 7.39. The van der Waals surface area contributed by atoms with Crippen molar-refractivity contribution >= 4 is 11.7 Å². The molecule has 6 heteroatoms. The van der Waals surface area contributed by atoms with E-state index in [1.54, 1.807) is 43.3 Å². The highest BCUT2D eigenvalue weighted by atomic mass is 16.5. The summed E-state index contributed by atoms with van der Waals surface area (Å²) in [6.07, 6.45) is 0. The molecule has 0 aliphatic heterocycles. The summed E-state index contributed by atoms with van der Waals surface area (Å²) >= 11 is 0. The number of phenolic OH excluding ortho intramolecular Hbond substituents is 1. The Kier molecular flexibility index (Phi) is 5.63. The molecule has 6 nitrogen and oxygen atoms in total. The van der Waals surface area contributed by atoms with Crippen LogP contribution in [0, 0.1) is 11.3 Å². The van der Waals surface area contributed by atoms with Crippen LogP contribution in [0.4, 0.5) is 5.69 Å². The Morgan fingerprint density at radius 3 is 2.58 bits per heavy atom. The third-order valence-corrected chi connectivity index (χ3v) is 3.38. The minimum absolute atomic E-state index is 0.00240. The Hall–Kier alpha value is -3.20. The number of benzene rings is 2. The van der Waals surface area contributed by atoms with Gasteiger partial charge in [0.25, 0.3) is 0 Å². The van der Waals surface area contributed by atoms with Crippen molar-refractivity contribution in [1.29, 1.82) is 5.26 Å². The second kappa shape index (κ2) is 7.88. The van der Waals surface area contributed by atoms with Crippen LogP contribution in [0.1, 0.15) is 24.1 Å². The van der Waals surface area contributed by atoms with Crippen molar-refractivity contribution in [3.8, 4) is 17.6 Å². The van der Waals surface area contributed by atoms with Gasteiger partial charge in [0, 0.05) is 5.69 Å². The zero-order chi connectivity index (χ0) is 17.5. The summed E-state index contributed by atoms with van der Waals surface area (Å²) in [6, 6.07) is 12.7. The number of ether oxygens (including phenoxy) is 2.